The molecule has 0 spiro atoms. The molecule has 0 saturated carbocycles. The summed E-state index contributed by atoms with van der Waals surface area (Å²) in [6.45, 7) is 6.66. The summed E-state index contributed by atoms with van der Waals surface area (Å²) < 4.78 is 0. The van der Waals surface area contributed by atoms with Crippen LogP contribution in [0.1, 0.15) is 40.0 Å². The third kappa shape index (κ3) is 2.52. The number of hydrogen-bond donors (Lipinski definition) is 0. The third-order valence-corrected chi connectivity index (χ3v) is 2.16. The molecule has 1 aliphatic rings. The summed E-state index contributed by atoms with van der Waals surface area (Å²) in [5, 5.41) is 3.89. The summed E-state index contributed by atoms with van der Waals surface area (Å²) in [5.41, 5.74) is 0.362. The molecule has 1 heterocycles. The largest absolute Gasteiger partial charge is 0.393 e. The first-order chi connectivity index (χ1) is 5.14. The van der Waals surface area contributed by atoms with E-state index in [-0.39, 0.29) is 0 Å². The third-order valence-electron chi connectivity index (χ3n) is 2.16. The molecular weight excluding hydrogens is 138 g/mol. The molecule has 0 aliphatic carbocycles. The molecule has 0 saturated heterocycles. The normalized spacial score (nSPS) is 29.2. The van der Waals surface area contributed by atoms with Gasteiger partial charge in [-0.1, -0.05) is 25.9 Å². The Labute approximate surface area is 68.6 Å². The summed E-state index contributed by atoms with van der Waals surface area (Å²) >= 11 is 0. The van der Waals surface area contributed by atoms with Gasteiger partial charge in [0, 0.05) is 6.21 Å². The zero-order valence-corrected chi connectivity index (χ0v) is 7.63. The predicted molar refractivity (Wildman–Crippen MR) is 46.7 cm³/mol. The van der Waals surface area contributed by atoms with Crippen molar-refractivity contribution in [2.75, 3.05) is 0 Å². The van der Waals surface area contributed by atoms with Crippen LogP contribution in [0.3, 0.4) is 0 Å². The van der Waals surface area contributed by atoms with Crippen molar-refractivity contribution in [3.8, 4) is 0 Å². The molecule has 1 aliphatic heterocycles. The molecule has 0 bridgehead atoms. The molecule has 2 nitrogen and oxygen atoms in total. The van der Waals surface area contributed by atoms with Crippen molar-refractivity contribution in [3.05, 3.63) is 0 Å². The van der Waals surface area contributed by atoms with E-state index in [1.54, 1.807) is 0 Å². The van der Waals surface area contributed by atoms with Crippen LogP contribution in [-0.4, -0.2) is 12.3 Å². The highest BCUT2D eigenvalue weighted by atomic mass is 16.6. The van der Waals surface area contributed by atoms with Crippen molar-refractivity contribution in [2.45, 2.75) is 46.1 Å². The molecule has 0 amide bonds. The molecule has 64 valence electrons. The second-order valence-electron chi connectivity index (χ2n) is 4.00. The number of rotatable bonds is 1. The molecule has 1 atom stereocenters. The van der Waals surface area contributed by atoms with E-state index in [1.165, 1.54) is 0 Å². The highest BCUT2D eigenvalue weighted by molar-refractivity contribution is 5.57. The maximum Gasteiger partial charge on any atom is 0.127 e. The number of hydrogen-bond acceptors (Lipinski definition) is 2. The van der Waals surface area contributed by atoms with Crippen molar-refractivity contribution >= 4 is 6.21 Å². The summed E-state index contributed by atoms with van der Waals surface area (Å²) in [7, 11) is 0. The molecule has 1 unspecified atom stereocenters. The highest BCUT2D eigenvalue weighted by Gasteiger charge is 2.24. The van der Waals surface area contributed by atoms with Crippen molar-refractivity contribution in [1.82, 2.24) is 0 Å². The van der Waals surface area contributed by atoms with Gasteiger partial charge in [0.1, 0.15) is 6.10 Å². The van der Waals surface area contributed by atoms with Crippen molar-refractivity contribution in [2.24, 2.45) is 10.6 Å². The standard InChI is InChI=1S/C9H17NO/c1-4-8-7-9(2,3)5-6-10-11-8/h6,8H,4-5,7H2,1-3H3. The van der Waals surface area contributed by atoms with Crippen molar-refractivity contribution < 1.29 is 4.84 Å². The topological polar surface area (TPSA) is 21.6 Å². The van der Waals surface area contributed by atoms with Gasteiger partial charge >= 0.3 is 0 Å². The van der Waals surface area contributed by atoms with Gasteiger partial charge < -0.3 is 4.84 Å². The molecule has 0 N–H and O–H groups in total. The van der Waals surface area contributed by atoms with Crippen LogP contribution in [-0.2, 0) is 4.84 Å². The molecule has 1 rings (SSSR count). The van der Waals surface area contributed by atoms with E-state index in [0.29, 0.717) is 11.5 Å². The highest BCUT2D eigenvalue weighted by Crippen LogP contribution is 2.29. The average molecular weight is 155 g/mol. The van der Waals surface area contributed by atoms with E-state index in [2.05, 4.69) is 25.9 Å². The molecular formula is C9H17NO. The van der Waals surface area contributed by atoms with Crippen LogP contribution in [0.4, 0.5) is 0 Å². The van der Waals surface area contributed by atoms with Gasteiger partial charge in [-0.2, -0.15) is 0 Å². The lowest BCUT2D eigenvalue weighted by molar-refractivity contribution is 0.0353. The minimum atomic E-state index is 0.323. The smallest absolute Gasteiger partial charge is 0.127 e. The van der Waals surface area contributed by atoms with Gasteiger partial charge in [0.2, 0.25) is 0 Å². The summed E-state index contributed by atoms with van der Waals surface area (Å²) in [4.78, 5) is 5.26. The Hall–Kier alpha value is -0.530. The van der Waals surface area contributed by atoms with E-state index >= 15 is 0 Å². The first kappa shape index (κ1) is 8.57. The Kier molecular flexibility index (Phi) is 2.53. The van der Waals surface area contributed by atoms with Crippen LogP contribution < -0.4 is 0 Å². The Morgan fingerprint density at radius 1 is 1.64 bits per heavy atom. The zero-order chi connectivity index (χ0) is 8.32. The fourth-order valence-electron chi connectivity index (χ4n) is 1.37. The van der Waals surface area contributed by atoms with Gasteiger partial charge in [-0.25, -0.2) is 0 Å². The SMILES string of the molecule is CCC1CC(C)(C)CC=NO1. The lowest BCUT2D eigenvalue weighted by atomic mass is 9.83. The van der Waals surface area contributed by atoms with Crippen LogP contribution in [0.2, 0.25) is 0 Å². The second kappa shape index (κ2) is 3.24. The average Bonchev–Trinajstić information content (AvgIpc) is 2.10. The molecule has 11 heavy (non-hydrogen) atoms. The first-order valence-corrected chi connectivity index (χ1v) is 4.32. The van der Waals surface area contributed by atoms with E-state index < -0.39 is 0 Å². The molecule has 0 aromatic rings. The summed E-state index contributed by atoms with van der Waals surface area (Å²) in [6.07, 6.45) is 5.41. The van der Waals surface area contributed by atoms with Gasteiger partial charge in [0.05, 0.1) is 0 Å². The molecule has 2 heteroatoms. The Morgan fingerprint density at radius 3 is 3.00 bits per heavy atom. The Morgan fingerprint density at radius 2 is 2.36 bits per heavy atom. The summed E-state index contributed by atoms with van der Waals surface area (Å²) in [6, 6.07) is 0. The van der Waals surface area contributed by atoms with Crippen LogP contribution in [0.5, 0.6) is 0 Å². The molecule has 0 radical (unpaired) electrons. The van der Waals surface area contributed by atoms with Gasteiger partial charge in [0.15, 0.2) is 0 Å². The fraction of sp³-hybridized carbons (Fsp3) is 0.889. The lowest BCUT2D eigenvalue weighted by Crippen LogP contribution is -2.19. The Balaban J connectivity index is 2.56. The molecule has 0 fully saturated rings. The summed E-state index contributed by atoms with van der Waals surface area (Å²) in [5.74, 6) is 0. The van der Waals surface area contributed by atoms with Gasteiger partial charge in [-0.3, -0.25) is 0 Å². The van der Waals surface area contributed by atoms with Gasteiger partial charge in [-0.05, 0) is 24.7 Å². The lowest BCUT2D eigenvalue weighted by Gasteiger charge is -2.23. The van der Waals surface area contributed by atoms with Crippen LogP contribution >= 0.6 is 0 Å². The van der Waals surface area contributed by atoms with Crippen molar-refractivity contribution in [3.63, 3.8) is 0 Å². The fourth-order valence-corrected chi connectivity index (χ4v) is 1.37. The van der Waals surface area contributed by atoms with E-state index in [0.717, 1.165) is 19.3 Å². The predicted octanol–water partition coefficient (Wildman–Crippen LogP) is 2.59. The maximum atomic E-state index is 5.26. The van der Waals surface area contributed by atoms with E-state index in [9.17, 15) is 0 Å². The minimum absolute atomic E-state index is 0.323. The van der Waals surface area contributed by atoms with Crippen LogP contribution in [0.25, 0.3) is 0 Å². The van der Waals surface area contributed by atoms with E-state index in [1.807, 2.05) is 6.21 Å². The number of oxime groups is 1. The first-order valence-electron chi connectivity index (χ1n) is 4.32. The quantitative estimate of drug-likeness (QED) is 0.570. The Bertz CT molecular complexity index is 152. The monoisotopic (exact) mass is 155 g/mol. The van der Waals surface area contributed by atoms with Gasteiger partial charge in [0.25, 0.3) is 0 Å². The van der Waals surface area contributed by atoms with Gasteiger partial charge in [-0.15, -0.1) is 0 Å². The number of nitrogens with zero attached hydrogens (tertiary/aromatic N) is 1. The second-order valence-corrected chi connectivity index (χ2v) is 4.00. The maximum absolute atomic E-state index is 5.26. The molecule has 0 aromatic heterocycles. The minimum Gasteiger partial charge on any atom is -0.393 e. The van der Waals surface area contributed by atoms with Crippen LogP contribution in [0, 0.1) is 5.41 Å². The van der Waals surface area contributed by atoms with Crippen molar-refractivity contribution in [1.29, 1.82) is 0 Å². The molecule has 0 aromatic carbocycles. The van der Waals surface area contributed by atoms with Crippen LogP contribution in [0.15, 0.2) is 5.16 Å². The zero-order valence-electron chi connectivity index (χ0n) is 7.63. The van der Waals surface area contributed by atoms with E-state index in [4.69, 9.17) is 4.84 Å².